The van der Waals surface area contributed by atoms with Gasteiger partial charge in [-0.3, -0.25) is 4.98 Å². The molecule has 10 nitrogen and oxygen atoms in total. The van der Waals surface area contributed by atoms with Gasteiger partial charge in [0.1, 0.15) is 0 Å². The van der Waals surface area contributed by atoms with E-state index in [1.807, 2.05) is 26.0 Å². The summed E-state index contributed by atoms with van der Waals surface area (Å²) in [5.41, 5.74) is 1.11. The molecule has 3 rings (SSSR count). The number of nitrogens with zero attached hydrogens (tertiary/aromatic N) is 4. The molecule has 0 saturated carbocycles. The Hall–Kier alpha value is -3.95. The summed E-state index contributed by atoms with van der Waals surface area (Å²) in [6, 6.07) is 10.2. The number of aromatic nitrogens is 3. The summed E-state index contributed by atoms with van der Waals surface area (Å²) < 4.78 is 17.1. The zero-order chi connectivity index (χ0) is 25.2. The maximum Gasteiger partial charge on any atom is 0.425 e. The largest absolute Gasteiger partial charge is 0.461 e. The van der Waals surface area contributed by atoms with Crippen LogP contribution in [-0.2, 0) is 14.2 Å². The van der Waals surface area contributed by atoms with Crippen molar-refractivity contribution in [3.63, 3.8) is 0 Å². The van der Waals surface area contributed by atoms with Crippen LogP contribution in [0.15, 0.2) is 42.6 Å². The Balaban J connectivity index is 2.15. The molecule has 0 aliphatic rings. The SMILES string of the molecule is CCCCOC(=O)N(C(=O)OCCCC)c1cc(C(=O)OCC)nn1-c1cccc2ncccc12. The van der Waals surface area contributed by atoms with Crippen molar-refractivity contribution in [3.05, 3.63) is 48.3 Å². The molecule has 0 aliphatic heterocycles. The number of pyridine rings is 1. The Bertz CT molecular complexity index is 1150. The minimum Gasteiger partial charge on any atom is -0.461 e. The van der Waals surface area contributed by atoms with Crippen molar-refractivity contribution in [1.82, 2.24) is 14.8 Å². The molecule has 3 aromatic rings. The molecule has 0 radical (unpaired) electrons. The smallest absolute Gasteiger partial charge is 0.425 e. The highest BCUT2D eigenvalue weighted by Crippen LogP contribution is 2.28. The van der Waals surface area contributed by atoms with E-state index < -0.39 is 18.2 Å². The second kappa shape index (κ2) is 12.5. The highest BCUT2D eigenvalue weighted by Gasteiger charge is 2.32. The molecule has 186 valence electrons. The number of esters is 1. The maximum absolute atomic E-state index is 13.1. The lowest BCUT2D eigenvalue weighted by Crippen LogP contribution is -2.39. The van der Waals surface area contributed by atoms with E-state index >= 15 is 0 Å². The molecular formula is C25H30N4O6. The predicted molar refractivity (Wildman–Crippen MR) is 130 cm³/mol. The van der Waals surface area contributed by atoms with Gasteiger partial charge in [0.15, 0.2) is 11.5 Å². The van der Waals surface area contributed by atoms with Gasteiger partial charge in [-0.2, -0.15) is 10.00 Å². The first-order chi connectivity index (χ1) is 17.0. The zero-order valence-electron chi connectivity index (χ0n) is 20.2. The van der Waals surface area contributed by atoms with E-state index in [1.54, 1.807) is 31.3 Å². The lowest BCUT2D eigenvalue weighted by molar-refractivity contribution is 0.0518. The number of hydrogen-bond acceptors (Lipinski definition) is 8. The molecular weight excluding hydrogens is 452 g/mol. The third-order valence-electron chi connectivity index (χ3n) is 5.07. The van der Waals surface area contributed by atoms with Crippen molar-refractivity contribution in [1.29, 1.82) is 0 Å². The van der Waals surface area contributed by atoms with Crippen LogP contribution in [-0.4, -0.2) is 52.7 Å². The normalized spacial score (nSPS) is 10.7. The number of ether oxygens (including phenoxy) is 3. The summed E-state index contributed by atoms with van der Waals surface area (Å²) in [5, 5.41) is 5.09. The van der Waals surface area contributed by atoms with Gasteiger partial charge in [0.2, 0.25) is 0 Å². The Morgan fingerprint density at radius 2 is 1.60 bits per heavy atom. The molecule has 2 heterocycles. The first-order valence-electron chi connectivity index (χ1n) is 11.8. The number of fused-ring (bicyclic) bond motifs is 1. The van der Waals surface area contributed by atoms with E-state index in [0.717, 1.165) is 17.7 Å². The fraction of sp³-hybridized carbons (Fsp3) is 0.400. The molecule has 0 spiro atoms. The fourth-order valence-electron chi connectivity index (χ4n) is 3.28. The quantitative estimate of drug-likeness (QED) is 0.218. The number of rotatable bonds is 10. The van der Waals surface area contributed by atoms with E-state index in [0.29, 0.717) is 29.4 Å². The average Bonchev–Trinajstić information content (AvgIpc) is 3.29. The molecule has 2 aromatic heterocycles. The highest BCUT2D eigenvalue weighted by molar-refractivity contribution is 6.09. The number of amides is 2. The van der Waals surface area contributed by atoms with Gasteiger partial charge in [-0.15, -0.1) is 0 Å². The van der Waals surface area contributed by atoms with E-state index in [4.69, 9.17) is 14.2 Å². The average molecular weight is 483 g/mol. The van der Waals surface area contributed by atoms with Crippen molar-refractivity contribution < 1.29 is 28.6 Å². The summed E-state index contributed by atoms with van der Waals surface area (Å²) in [5.74, 6) is -0.697. The Morgan fingerprint density at radius 1 is 0.914 bits per heavy atom. The predicted octanol–water partition coefficient (Wildman–Crippen LogP) is 5.28. The van der Waals surface area contributed by atoms with Crippen LogP contribution in [0.4, 0.5) is 15.4 Å². The van der Waals surface area contributed by atoms with Gasteiger partial charge in [0.25, 0.3) is 0 Å². The van der Waals surface area contributed by atoms with Gasteiger partial charge < -0.3 is 14.2 Å². The third kappa shape index (κ3) is 6.14. The molecule has 0 aliphatic carbocycles. The number of carbonyl (C=O) groups excluding carboxylic acids is 3. The molecule has 1 aromatic carbocycles. The summed E-state index contributed by atoms with van der Waals surface area (Å²) in [6.45, 7) is 5.99. The topological polar surface area (TPSA) is 113 Å². The number of hydrogen-bond donors (Lipinski definition) is 0. The number of anilines is 1. The minimum absolute atomic E-state index is 0.00703. The van der Waals surface area contributed by atoms with Crippen molar-refractivity contribution in [2.24, 2.45) is 0 Å². The summed E-state index contributed by atoms with van der Waals surface area (Å²) in [6.07, 6.45) is 2.69. The van der Waals surface area contributed by atoms with Crippen molar-refractivity contribution in [2.45, 2.75) is 46.5 Å². The van der Waals surface area contributed by atoms with Gasteiger partial charge in [-0.05, 0) is 44.0 Å². The molecule has 0 unspecified atom stereocenters. The van der Waals surface area contributed by atoms with Crippen LogP contribution in [0.2, 0.25) is 0 Å². The second-order valence-corrected chi connectivity index (χ2v) is 7.64. The van der Waals surface area contributed by atoms with Crippen LogP contribution >= 0.6 is 0 Å². The monoisotopic (exact) mass is 482 g/mol. The number of carbonyl (C=O) groups is 3. The molecule has 0 atom stereocenters. The van der Waals surface area contributed by atoms with Crippen LogP contribution in [0, 0.1) is 0 Å². The van der Waals surface area contributed by atoms with Crippen LogP contribution in [0.1, 0.15) is 56.9 Å². The van der Waals surface area contributed by atoms with E-state index in [9.17, 15) is 14.4 Å². The zero-order valence-corrected chi connectivity index (χ0v) is 20.2. The molecule has 0 saturated heterocycles. The number of benzene rings is 1. The highest BCUT2D eigenvalue weighted by atomic mass is 16.6. The van der Waals surface area contributed by atoms with Crippen molar-refractivity contribution in [2.75, 3.05) is 24.7 Å². The lowest BCUT2D eigenvalue weighted by Gasteiger charge is -2.21. The van der Waals surface area contributed by atoms with Crippen molar-refractivity contribution in [3.8, 4) is 5.69 Å². The van der Waals surface area contributed by atoms with Gasteiger partial charge in [-0.25, -0.2) is 19.1 Å². The standard InChI is InChI=1S/C25H30N4O6/c1-4-7-15-34-24(31)28(25(32)35-16-8-5-2)22-17-20(23(30)33-6-3)27-29(22)21-13-9-12-19-18(21)11-10-14-26-19/h9-14,17H,4-8,15-16H2,1-3H3. The van der Waals surface area contributed by atoms with E-state index in [1.165, 1.54) is 10.7 Å². The number of imide groups is 1. The van der Waals surface area contributed by atoms with Crippen LogP contribution in [0.3, 0.4) is 0 Å². The van der Waals surface area contributed by atoms with Crippen LogP contribution in [0.25, 0.3) is 16.6 Å². The molecule has 0 N–H and O–H groups in total. The minimum atomic E-state index is -0.921. The van der Waals surface area contributed by atoms with E-state index in [2.05, 4.69) is 10.1 Å². The lowest BCUT2D eigenvalue weighted by atomic mass is 10.2. The number of unbranched alkanes of at least 4 members (excludes halogenated alkanes) is 2. The second-order valence-electron chi connectivity index (χ2n) is 7.64. The van der Waals surface area contributed by atoms with Crippen LogP contribution in [0.5, 0.6) is 0 Å². The molecule has 35 heavy (non-hydrogen) atoms. The molecule has 0 bridgehead atoms. The Kier molecular flexibility index (Phi) is 9.16. The molecule has 0 fully saturated rings. The van der Waals surface area contributed by atoms with Gasteiger partial charge in [0.05, 0.1) is 31.0 Å². The summed E-state index contributed by atoms with van der Waals surface area (Å²) >= 11 is 0. The first kappa shape index (κ1) is 25.7. The van der Waals surface area contributed by atoms with Crippen LogP contribution < -0.4 is 4.90 Å². The first-order valence-corrected chi connectivity index (χ1v) is 11.8. The summed E-state index contributed by atoms with van der Waals surface area (Å²) in [7, 11) is 0. The van der Waals surface area contributed by atoms with Gasteiger partial charge >= 0.3 is 18.2 Å². The Morgan fingerprint density at radius 3 is 2.23 bits per heavy atom. The molecule has 2 amide bonds. The van der Waals surface area contributed by atoms with E-state index in [-0.39, 0.29) is 31.3 Å². The fourth-order valence-corrected chi connectivity index (χ4v) is 3.28. The van der Waals surface area contributed by atoms with Gasteiger partial charge in [-0.1, -0.05) is 32.8 Å². The summed E-state index contributed by atoms with van der Waals surface area (Å²) in [4.78, 5) is 43.8. The molecule has 10 heteroatoms. The Labute approximate surface area is 203 Å². The van der Waals surface area contributed by atoms with Gasteiger partial charge in [0, 0.05) is 17.6 Å². The maximum atomic E-state index is 13.1. The van der Waals surface area contributed by atoms with Crippen molar-refractivity contribution >= 4 is 34.9 Å². The third-order valence-corrected chi connectivity index (χ3v) is 5.07.